The monoisotopic (exact) mass is 203 g/mol. The van der Waals surface area contributed by atoms with Gasteiger partial charge in [0.15, 0.2) is 0 Å². The number of hydrogen-bond donors (Lipinski definition) is 1. The summed E-state index contributed by atoms with van der Waals surface area (Å²) in [4.78, 5) is 21.7. The molecule has 1 aromatic carbocycles. The van der Waals surface area contributed by atoms with E-state index < -0.39 is 0 Å². The van der Waals surface area contributed by atoms with Gasteiger partial charge < -0.3 is 5.32 Å². The third-order valence-electron chi connectivity index (χ3n) is 2.73. The molecule has 1 heterocycles. The van der Waals surface area contributed by atoms with Gasteiger partial charge in [0.25, 0.3) is 0 Å². The highest BCUT2D eigenvalue weighted by Gasteiger charge is 2.20. The van der Waals surface area contributed by atoms with Crippen molar-refractivity contribution in [3.63, 3.8) is 0 Å². The molecular weight excluding hydrogens is 190 g/mol. The first-order valence-electron chi connectivity index (χ1n) is 5.07. The molecule has 2 rings (SSSR count). The number of piperidine rings is 1. The normalized spacial score (nSPS) is 21.3. The number of aldehydes is 1. The molecule has 1 atom stereocenters. The molecule has 0 aromatic heterocycles. The average molecular weight is 203 g/mol. The molecule has 0 bridgehead atoms. The highest BCUT2D eigenvalue weighted by Crippen LogP contribution is 2.21. The standard InChI is InChI=1S/C12H13NO2/c14-8-9-1-3-10(4-2-9)11-5-12(15)7-13-6-11/h1-4,8,11,13H,5-7H2. The fourth-order valence-electron chi connectivity index (χ4n) is 1.89. The van der Waals surface area contributed by atoms with Crippen molar-refractivity contribution in [1.29, 1.82) is 0 Å². The third-order valence-corrected chi connectivity index (χ3v) is 2.73. The summed E-state index contributed by atoms with van der Waals surface area (Å²) in [5.74, 6) is 0.512. The first kappa shape index (κ1) is 10.1. The number of rotatable bonds is 2. The van der Waals surface area contributed by atoms with Crippen LogP contribution in [0.3, 0.4) is 0 Å². The van der Waals surface area contributed by atoms with Crippen molar-refractivity contribution >= 4 is 12.1 Å². The molecule has 0 spiro atoms. The van der Waals surface area contributed by atoms with Crippen LogP contribution in [0.1, 0.15) is 28.3 Å². The van der Waals surface area contributed by atoms with E-state index in [4.69, 9.17) is 0 Å². The van der Waals surface area contributed by atoms with Crippen molar-refractivity contribution < 1.29 is 9.59 Å². The van der Waals surface area contributed by atoms with Gasteiger partial charge >= 0.3 is 0 Å². The van der Waals surface area contributed by atoms with Crippen LogP contribution in [0.5, 0.6) is 0 Å². The first-order valence-corrected chi connectivity index (χ1v) is 5.07. The topological polar surface area (TPSA) is 46.2 Å². The summed E-state index contributed by atoms with van der Waals surface area (Å²) in [6, 6.07) is 7.44. The van der Waals surface area contributed by atoms with E-state index in [1.54, 1.807) is 12.1 Å². The van der Waals surface area contributed by atoms with Crippen LogP contribution in [-0.2, 0) is 4.79 Å². The van der Waals surface area contributed by atoms with Gasteiger partial charge in [0, 0.05) is 24.4 Å². The van der Waals surface area contributed by atoms with E-state index in [1.165, 1.54) is 0 Å². The van der Waals surface area contributed by atoms with Crippen LogP contribution < -0.4 is 5.32 Å². The van der Waals surface area contributed by atoms with Gasteiger partial charge in [0.2, 0.25) is 0 Å². The summed E-state index contributed by atoms with van der Waals surface area (Å²) < 4.78 is 0. The van der Waals surface area contributed by atoms with Crippen LogP contribution in [0.4, 0.5) is 0 Å². The number of nitrogens with one attached hydrogen (secondary N) is 1. The second-order valence-corrected chi connectivity index (χ2v) is 3.86. The lowest BCUT2D eigenvalue weighted by molar-refractivity contribution is -0.119. The zero-order chi connectivity index (χ0) is 10.7. The smallest absolute Gasteiger partial charge is 0.150 e. The number of hydrogen-bond acceptors (Lipinski definition) is 3. The zero-order valence-corrected chi connectivity index (χ0v) is 8.40. The summed E-state index contributed by atoms with van der Waals surface area (Å²) in [6.07, 6.45) is 1.43. The molecule has 78 valence electrons. The minimum Gasteiger partial charge on any atom is -0.309 e. The van der Waals surface area contributed by atoms with E-state index in [-0.39, 0.29) is 11.7 Å². The van der Waals surface area contributed by atoms with Gasteiger partial charge in [-0.1, -0.05) is 24.3 Å². The quantitative estimate of drug-likeness (QED) is 0.733. The lowest BCUT2D eigenvalue weighted by Gasteiger charge is -2.22. The van der Waals surface area contributed by atoms with E-state index in [0.717, 1.165) is 18.4 Å². The van der Waals surface area contributed by atoms with Crippen molar-refractivity contribution in [2.75, 3.05) is 13.1 Å². The number of benzene rings is 1. The Morgan fingerprint density at radius 2 is 2.00 bits per heavy atom. The van der Waals surface area contributed by atoms with Crippen molar-refractivity contribution in [3.05, 3.63) is 35.4 Å². The van der Waals surface area contributed by atoms with Gasteiger partial charge in [-0.05, 0) is 5.56 Å². The molecule has 0 saturated carbocycles. The Balaban J connectivity index is 2.14. The van der Waals surface area contributed by atoms with Crippen LogP contribution in [0.25, 0.3) is 0 Å². The Morgan fingerprint density at radius 1 is 1.27 bits per heavy atom. The second kappa shape index (κ2) is 4.36. The van der Waals surface area contributed by atoms with Gasteiger partial charge in [-0.2, -0.15) is 0 Å². The van der Waals surface area contributed by atoms with Gasteiger partial charge in [-0.15, -0.1) is 0 Å². The van der Waals surface area contributed by atoms with Crippen LogP contribution >= 0.6 is 0 Å². The lowest BCUT2D eigenvalue weighted by Crippen LogP contribution is -2.35. The Kier molecular flexibility index (Phi) is 2.92. The largest absolute Gasteiger partial charge is 0.309 e. The molecule has 1 aliphatic rings. The number of Topliss-reactive ketones (excluding diaryl/α,β-unsaturated/α-hetero) is 1. The summed E-state index contributed by atoms with van der Waals surface area (Å²) in [5, 5.41) is 3.09. The fraction of sp³-hybridized carbons (Fsp3) is 0.333. The Bertz CT molecular complexity index is 370. The molecule has 1 aromatic rings. The van der Waals surface area contributed by atoms with Crippen molar-refractivity contribution in [1.82, 2.24) is 5.32 Å². The molecule has 0 amide bonds. The van der Waals surface area contributed by atoms with Gasteiger partial charge in [0.1, 0.15) is 12.1 Å². The summed E-state index contributed by atoms with van der Waals surface area (Å²) in [6.45, 7) is 1.33. The van der Waals surface area contributed by atoms with Crippen LogP contribution in [-0.4, -0.2) is 25.2 Å². The number of carbonyl (C=O) groups excluding carboxylic acids is 2. The van der Waals surface area contributed by atoms with Gasteiger partial charge in [-0.25, -0.2) is 0 Å². The first-order chi connectivity index (χ1) is 7.29. The van der Waals surface area contributed by atoms with E-state index in [2.05, 4.69) is 5.32 Å². The van der Waals surface area contributed by atoms with Gasteiger partial charge in [-0.3, -0.25) is 9.59 Å². The molecule has 1 N–H and O–H groups in total. The maximum absolute atomic E-state index is 11.3. The average Bonchev–Trinajstić information content (AvgIpc) is 2.29. The number of ketones is 1. The van der Waals surface area contributed by atoms with E-state index >= 15 is 0 Å². The lowest BCUT2D eigenvalue weighted by atomic mass is 9.91. The Labute approximate surface area is 88.5 Å². The molecule has 1 aliphatic heterocycles. The van der Waals surface area contributed by atoms with Crippen molar-refractivity contribution in [2.45, 2.75) is 12.3 Å². The van der Waals surface area contributed by atoms with E-state index in [9.17, 15) is 9.59 Å². The molecule has 3 heteroatoms. The van der Waals surface area contributed by atoms with Crippen LogP contribution in [0, 0.1) is 0 Å². The highest BCUT2D eigenvalue weighted by atomic mass is 16.1. The fourth-order valence-corrected chi connectivity index (χ4v) is 1.89. The second-order valence-electron chi connectivity index (χ2n) is 3.86. The molecule has 1 unspecified atom stereocenters. The molecule has 0 aliphatic carbocycles. The van der Waals surface area contributed by atoms with Crippen LogP contribution in [0.2, 0.25) is 0 Å². The number of carbonyl (C=O) groups is 2. The van der Waals surface area contributed by atoms with Crippen LogP contribution in [0.15, 0.2) is 24.3 Å². The van der Waals surface area contributed by atoms with Gasteiger partial charge in [0.05, 0.1) is 6.54 Å². The molecule has 0 radical (unpaired) electrons. The Hall–Kier alpha value is -1.48. The predicted molar refractivity (Wildman–Crippen MR) is 57.1 cm³/mol. The summed E-state index contributed by atoms with van der Waals surface area (Å²) >= 11 is 0. The third kappa shape index (κ3) is 2.30. The minimum atomic E-state index is 0.255. The van der Waals surface area contributed by atoms with Crippen molar-refractivity contribution in [3.8, 4) is 0 Å². The maximum Gasteiger partial charge on any atom is 0.150 e. The summed E-state index contributed by atoms with van der Waals surface area (Å²) in [7, 11) is 0. The minimum absolute atomic E-state index is 0.255. The molecule has 15 heavy (non-hydrogen) atoms. The molecule has 1 fully saturated rings. The molecular formula is C12H13NO2. The SMILES string of the molecule is O=Cc1ccc(C2CNCC(=O)C2)cc1. The maximum atomic E-state index is 11.3. The Morgan fingerprint density at radius 3 is 2.60 bits per heavy atom. The zero-order valence-electron chi connectivity index (χ0n) is 8.40. The van der Waals surface area contributed by atoms with Crippen molar-refractivity contribution in [2.24, 2.45) is 0 Å². The summed E-state index contributed by atoms with van der Waals surface area (Å²) in [5.41, 5.74) is 1.80. The predicted octanol–water partition coefficient (Wildman–Crippen LogP) is 1.15. The van der Waals surface area contributed by atoms with E-state index in [1.807, 2.05) is 12.1 Å². The molecule has 3 nitrogen and oxygen atoms in total. The molecule has 1 saturated heterocycles. The highest BCUT2D eigenvalue weighted by molar-refractivity contribution is 5.82. The van der Waals surface area contributed by atoms with E-state index in [0.29, 0.717) is 18.5 Å².